The highest BCUT2D eigenvalue weighted by Crippen LogP contribution is 2.35. The molecule has 0 aliphatic heterocycles. The van der Waals surface area contributed by atoms with Gasteiger partial charge in [0.15, 0.2) is 5.75 Å². The molecule has 0 saturated carbocycles. The van der Waals surface area contributed by atoms with Crippen LogP contribution in [0.5, 0.6) is 5.75 Å². The van der Waals surface area contributed by atoms with E-state index in [0.717, 1.165) is 33.9 Å². The van der Waals surface area contributed by atoms with Crippen molar-refractivity contribution in [3.8, 4) is 17.0 Å². The first-order valence-corrected chi connectivity index (χ1v) is 11.4. The van der Waals surface area contributed by atoms with E-state index in [1.165, 1.54) is 6.33 Å². The van der Waals surface area contributed by atoms with Gasteiger partial charge in [-0.1, -0.05) is 20.8 Å². The Balaban J connectivity index is 1.57. The van der Waals surface area contributed by atoms with Crippen molar-refractivity contribution in [2.45, 2.75) is 46.8 Å². The van der Waals surface area contributed by atoms with Gasteiger partial charge in [0.1, 0.15) is 23.8 Å². The minimum atomic E-state index is -0.660. The first-order valence-electron chi connectivity index (χ1n) is 11.4. The molecule has 4 aromatic rings. The maximum Gasteiger partial charge on any atom is 0.163 e. The van der Waals surface area contributed by atoms with Gasteiger partial charge in [0.25, 0.3) is 0 Å². The van der Waals surface area contributed by atoms with Crippen LogP contribution in [-0.4, -0.2) is 47.9 Å². The minimum absolute atomic E-state index is 0.311. The van der Waals surface area contributed by atoms with Gasteiger partial charge in [-0.3, -0.25) is 4.68 Å². The number of ether oxygens (including phenoxy) is 1. The van der Waals surface area contributed by atoms with E-state index < -0.39 is 6.10 Å². The Morgan fingerprint density at radius 3 is 2.71 bits per heavy atom. The lowest BCUT2D eigenvalue weighted by Crippen LogP contribution is -2.20. The van der Waals surface area contributed by atoms with E-state index >= 15 is 0 Å². The fraction of sp³-hybridized carbons (Fsp3) is 0.440. The summed E-state index contributed by atoms with van der Waals surface area (Å²) in [5.74, 6) is 0.608. The molecule has 4 heterocycles. The normalized spacial score (nSPS) is 12.9. The molecule has 0 aromatic carbocycles. The van der Waals surface area contributed by atoms with Gasteiger partial charge in [-0.25, -0.2) is 15.0 Å². The molecule has 0 saturated heterocycles. The Morgan fingerprint density at radius 1 is 1.18 bits per heavy atom. The summed E-state index contributed by atoms with van der Waals surface area (Å²) in [5.41, 5.74) is 6.02. The summed E-state index contributed by atoms with van der Waals surface area (Å²) >= 11 is 0. The average Bonchev–Trinajstić information content (AvgIpc) is 3.34. The smallest absolute Gasteiger partial charge is 0.163 e. The molecule has 34 heavy (non-hydrogen) atoms. The summed E-state index contributed by atoms with van der Waals surface area (Å²) in [6.45, 7) is 9.17. The quantitative estimate of drug-likeness (QED) is 0.413. The summed E-state index contributed by atoms with van der Waals surface area (Å²) < 4.78 is 10.0. The number of aryl methyl sites for hydroxylation is 1. The molecule has 9 heteroatoms. The first kappa shape index (κ1) is 23.8. The molecule has 0 spiro atoms. The Labute approximate surface area is 199 Å². The van der Waals surface area contributed by atoms with Gasteiger partial charge in [0, 0.05) is 43.0 Å². The SMILES string of the molecule is CNCc1cnc2ccc(-c3ncncc3OCCc3c(C(O)C(C)(C)C)nn(C)c3C)cn12. The van der Waals surface area contributed by atoms with Crippen LogP contribution in [-0.2, 0) is 20.0 Å². The molecule has 0 amide bonds. The number of aliphatic hydroxyl groups is 1. The summed E-state index contributed by atoms with van der Waals surface area (Å²) in [4.78, 5) is 13.1. The largest absolute Gasteiger partial charge is 0.489 e. The summed E-state index contributed by atoms with van der Waals surface area (Å²) in [5, 5.41) is 18.6. The predicted octanol–water partition coefficient (Wildman–Crippen LogP) is 3.25. The van der Waals surface area contributed by atoms with Crippen molar-refractivity contribution in [2.75, 3.05) is 13.7 Å². The van der Waals surface area contributed by atoms with Crippen LogP contribution < -0.4 is 10.1 Å². The molecule has 1 atom stereocenters. The van der Waals surface area contributed by atoms with Crippen LogP contribution in [0, 0.1) is 12.3 Å². The highest BCUT2D eigenvalue weighted by atomic mass is 16.5. The molecule has 9 nitrogen and oxygen atoms in total. The van der Waals surface area contributed by atoms with Gasteiger partial charge in [0.05, 0.1) is 30.4 Å². The minimum Gasteiger partial charge on any atom is -0.489 e. The monoisotopic (exact) mass is 463 g/mol. The molecule has 4 aromatic heterocycles. The summed E-state index contributed by atoms with van der Waals surface area (Å²) in [7, 11) is 3.81. The number of nitrogens with zero attached hydrogens (tertiary/aromatic N) is 6. The van der Waals surface area contributed by atoms with Gasteiger partial charge in [-0.15, -0.1) is 0 Å². The molecule has 2 N–H and O–H groups in total. The van der Waals surface area contributed by atoms with Crippen molar-refractivity contribution in [2.24, 2.45) is 12.5 Å². The number of fused-ring (bicyclic) bond motifs is 1. The fourth-order valence-electron chi connectivity index (χ4n) is 4.00. The molecule has 0 radical (unpaired) electrons. The van der Waals surface area contributed by atoms with Gasteiger partial charge >= 0.3 is 0 Å². The predicted molar refractivity (Wildman–Crippen MR) is 131 cm³/mol. The van der Waals surface area contributed by atoms with Crippen molar-refractivity contribution in [1.82, 2.24) is 34.4 Å². The van der Waals surface area contributed by atoms with E-state index in [-0.39, 0.29) is 5.41 Å². The number of aliphatic hydroxyl groups excluding tert-OH is 1. The second-order valence-electron chi connectivity index (χ2n) is 9.60. The molecular weight excluding hydrogens is 430 g/mol. The number of nitrogens with one attached hydrogen (secondary N) is 1. The summed E-state index contributed by atoms with van der Waals surface area (Å²) in [6.07, 6.45) is 7.06. The Hall–Kier alpha value is -3.30. The van der Waals surface area contributed by atoms with Gasteiger partial charge < -0.3 is 19.6 Å². The van der Waals surface area contributed by atoms with Crippen LogP contribution in [0.25, 0.3) is 16.9 Å². The van der Waals surface area contributed by atoms with Crippen molar-refractivity contribution in [1.29, 1.82) is 0 Å². The van der Waals surface area contributed by atoms with Gasteiger partial charge in [0.2, 0.25) is 0 Å². The zero-order chi connectivity index (χ0) is 24.5. The van der Waals surface area contributed by atoms with Crippen molar-refractivity contribution in [3.63, 3.8) is 0 Å². The van der Waals surface area contributed by atoms with Crippen LogP contribution in [0.4, 0.5) is 0 Å². The fourth-order valence-corrected chi connectivity index (χ4v) is 4.00. The molecular formula is C25H33N7O2. The number of hydrogen-bond acceptors (Lipinski definition) is 7. The van der Waals surface area contributed by atoms with E-state index in [2.05, 4.69) is 29.8 Å². The number of hydrogen-bond donors (Lipinski definition) is 2. The summed E-state index contributed by atoms with van der Waals surface area (Å²) in [6, 6.07) is 3.96. The standard InChI is InChI=1S/C25H33N7O2/c1-16-19(23(30-31(16)6)24(33)25(2,3)4)9-10-34-20-13-27-15-29-22(20)17-7-8-21-28-12-18(11-26-5)32(21)14-17/h7-8,12-15,24,26,33H,9-11H2,1-6H3. The Bertz CT molecular complexity index is 1290. The second-order valence-corrected chi connectivity index (χ2v) is 9.60. The van der Waals surface area contributed by atoms with Crippen molar-refractivity contribution >= 4 is 5.65 Å². The third-order valence-electron chi connectivity index (χ3n) is 6.07. The van der Waals surface area contributed by atoms with E-state index in [9.17, 15) is 5.11 Å². The molecule has 1 unspecified atom stereocenters. The zero-order valence-electron chi connectivity index (χ0n) is 20.7. The molecule has 0 bridgehead atoms. The highest BCUT2D eigenvalue weighted by molar-refractivity contribution is 5.66. The maximum atomic E-state index is 10.9. The van der Waals surface area contributed by atoms with Crippen molar-refractivity contribution < 1.29 is 9.84 Å². The van der Waals surface area contributed by atoms with Crippen LogP contribution in [0.15, 0.2) is 37.1 Å². The zero-order valence-corrected chi connectivity index (χ0v) is 20.7. The van der Waals surface area contributed by atoms with Crippen molar-refractivity contribution in [3.05, 3.63) is 59.7 Å². The number of pyridine rings is 1. The lowest BCUT2D eigenvalue weighted by molar-refractivity contribution is 0.0575. The van der Waals surface area contributed by atoms with Gasteiger partial charge in [-0.05, 0) is 31.5 Å². The van der Waals surface area contributed by atoms with Gasteiger partial charge in [-0.2, -0.15) is 5.10 Å². The number of imidazole rings is 1. The molecule has 4 rings (SSSR count). The molecule has 0 aliphatic rings. The lowest BCUT2D eigenvalue weighted by atomic mass is 9.85. The number of aromatic nitrogens is 6. The lowest BCUT2D eigenvalue weighted by Gasteiger charge is -2.25. The van der Waals surface area contributed by atoms with Crippen LogP contribution in [0.1, 0.15) is 49.5 Å². The van der Waals surface area contributed by atoms with E-state index in [1.54, 1.807) is 6.20 Å². The molecule has 0 fully saturated rings. The highest BCUT2D eigenvalue weighted by Gasteiger charge is 2.29. The van der Waals surface area contributed by atoms with Crippen LogP contribution in [0.2, 0.25) is 0 Å². The third-order valence-corrected chi connectivity index (χ3v) is 6.07. The van der Waals surface area contributed by atoms with E-state index in [0.29, 0.717) is 31.0 Å². The Kier molecular flexibility index (Phi) is 6.67. The third kappa shape index (κ3) is 4.67. The van der Waals surface area contributed by atoms with E-state index in [4.69, 9.17) is 4.74 Å². The van der Waals surface area contributed by atoms with Crippen LogP contribution in [0.3, 0.4) is 0 Å². The Morgan fingerprint density at radius 2 is 1.97 bits per heavy atom. The topological polar surface area (TPSA) is 102 Å². The molecule has 180 valence electrons. The number of rotatable bonds is 8. The van der Waals surface area contributed by atoms with E-state index in [1.807, 2.05) is 71.0 Å². The molecule has 0 aliphatic carbocycles. The first-order chi connectivity index (χ1) is 16.2. The van der Waals surface area contributed by atoms with Crippen LogP contribution >= 0.6 is 0 Å². The second kappa shape index (κ2) is 9.52. The maximum absolute atomic E-state index is 10.9. The average molecular weight is 464 g/mol.